The molecule has 5 saturated carbocycles. The molecule has 7 nitrogen and oxygen atoms in total. The number of fused-ring (bicyclic) bond motifs is 6. The van der Waals surface area contributed by atoms with Crippen molar-refractivity contribution in [3.05, 3.63) is 0 Å². The number of aliphatic hydroxyl groups is 5. The van der Waals surface area contributed by atoms with Crippen molar-refractivity contribution in [3.63, 3.8) is 0 Å². The number of ketones is 1. The average molecular weight is 507 g/mol. The minimum absolute atomic E-state index is 0.00297. The molecule has 0 spiro atoms. The molecule has 0 aromatic carbocycles. The van der Waals surface area contributed by atoms with E-state index in [1.807, 2.05) is 0 Å². The molecule has 15 atom stereocenters. The Balaban J connectivity index is 1.32. The zero-order valence-electron chi connectivity index (χ0n) is 22.4. The molecule has 7 heteroatoms. The van der Waals surface area contributed by atoms with Crippen molar-refractivity contribution in [3.8, 4) is 0 Å². The van der Waals surface area contributed by atoms with Crippen LogP contribution in [0.15, 0.2) is 0 Å². The smallest absolute Gasteiger partial charge is 0.196 e. The maximum absolute atomic E-state index is 13.8. The zero-order chi connectivity index (χ0) is 26.2. The van der Waals surface area contributed by atoms with Gasteiger partial charge in [-0.15, -0.1) is 0 Å². The predicted molar refractivity (Wildman–Crippen MR) is 131 cm³/mol. The van der Waals surface area contributed by atoms with E-state index in [0.717, 1.165) is 19.3 Å². The molecule has 0 bridgehead atoms. The van der Waals surface area contributed by atoms with Crippen molar-refractivity contribution in [1.29, 1.82) is 0 Å². The molecule has 1 aliphatic heterocycles. The molecule has 1 saturated heterocycles. The number of ether oxygens (including phenoxy) is 1. The SMILES string of the molecule is CC(C)[C@H]1CC2(O)OC2([C@@H](C)[C@H]2CC(=O)[C@@H]3C4C(O)[C@H](O)[C@H]5[C@@H](O)[C@H](O)CC[C@]5(C)C4CC[C@@]32C)C1. The van der Waals surface area contributed by atoms with E-state index in [1.165, 1.54) is 0 Å². The van der Waals surface area contributed by atoms with Gasteiger partial charge in [0.2, 0.25) is 0 Å². The molecule has 36 heavy (non-hydrogen) atoms. The fourth-order valence-electron chi connectivity index (χ4n) is 10.8. The number of Topliss-reactive ketones (excluding diaryl/α,β-unsaturated/α-hetero) is 1. The van der Waals surface area contributed by atoms with Crippen LogP contribution in [0.2, 0.25) is 0 Å². The van der Waals surface area contributed by atoms with Gasteiger partial charge < -0.3 is 30.3 Å². The number of carbonyl (C=O) groups is 1. The second-order valence-corrected chi connectivity index (χ2v) is 14.6. The first-order valence-corrected chi connectivity index (χ1v) is 14.4. The Labute approximate surface area is 214 Å². The maximum Gasteiger partial charge on any atom is 0.196 e. The van der Waals surface area contributed by atoms with Crippen LogP contribution in [0.4, 0.5) is 0 Å². The van der Waals surface area contributed by atoms with Crippen LogP contribution in [0.5, 0.6) is 0 Å². The number of hydrogen-bond acceptors (Lipinski definition) is 7. The third-order valence-electron chi connectivity index (χ3n) is 13.0. The van der Waals surface area contributed by atoms with E-state index < -0.39 is 47.1 Å². The van der Waals surface area contributed by atoms with Crippen LogP contribution >= 0.6 is 0 Å². The van der Waals surface area contributed by atoms with E-state index in [0.29, 0.717) is 37.5 Å². The maximum atomic E-state index is 13.8. The van der Waals surface area contributed by atoms with Crippen molar-refractivity contribution >= 4 is 5.78 Å². The summed E-state index contributed by atoms with van der Waals surface area (Å²) in [6.07, 6.45) is 0.422. The summed E-state index contributed by atoms with van der Waals surface area (Å²) in [4.78, 5) is 13.8. The van der Waals surface area contributed by atoms with Gasteiger partial charge in [0.1, 0.15) is 11.4 Å². The zero-order valence-corrected chi connectivity index (χ0v) is 22.4. The van der Waals surface area contributed by atoms with Crippen LogP contribution in [-0.4, -0.2) is 67.1 Å². The molecule has 204 valence electrons. The Bertz CT molecular complexity index is 939. The van der Waals surface area contributed by atoms with Crippen molar-refractivity contribution in [1.82, 2.24) is 0 Å². The van der Waals surface area contributed by atoms with Crippen molar-refractivity contribution in [2.45, 2.75) is 115 Å². The molecule has 5 aliphatic carbocycles. The Hall–Kier alpha value is -0.570. The van der Waals surface area contributed by atoms with E-state index in [9.17, 15) is 30.3 Å². The van der Waals surface area contributed by atoms with Crippen LogP contribution < -0.4 is 0 Å². The third kappa shape index (κ3) is 2.99. The van der Waals surface area contributed by atoms with Crippen LogP contribution in [0.1, 0.15) is 79.6 Å². The Morgan fingerprint density at radius 3 is 2.22 bits per heavy atom. The highest BCUT2D eigenvalue weighted by Crippen LogP contribution is 2.72. The van der Waals surface area contributed by atoms with E-state index >= 15 is 0 Å². The van der Waals surface area contributed by atoms with Gasteiger partial charge in [-0.2, -0.15) is 0 Å². The van der Waals surface area contributed by atoms with Gasteiger partial charge in [-0.1, -0.05) is 34.6 Å². The van der Waals surface area contributed by atoms with Gasteiger partial charge in [0.05, 0.1) is 24.4 Å². The number of hydrogen-bond donors (Lipinski definition) is 5. The summed E-state index contributed by atoms with van der Waals surface area (Å²) in [6.45, 7) is 10.8. The summed E-state index contributed by atoms with van der Waals surface area (Å²) in [5.74, 6) is -1.32. The van der Waals surface area contributed by atoms with Crippen LogP contribution in [0, 0.1) is 58.2 Å². The lowest BCUT2D eigenvalue weighted by atomic mass is 9.42. The lowest BCUT2D eigenvalue weighted by Crippen LogP contribution is -2.68. The first-order chi connectivity index (χ1) is 16.7. The van der Waals surface area contributed by atoms with E-state index in [-0.39, 0.29) is 40.8 Å². The van der Waals surface area contributed by atoms with Gasteiger partial charge in [0, 0.05) is 30.6 Å². The molecule has 1 heterocycles. The average Bonchev–Trinajstić information content (AvgIpc) is 3.13. The highest BCUT2D eigenvalue weighted by atomic mass is 16.8. The molecule has 0 aromatic heterocycles. The second-order valence-electron chi connectivity index (χ2n) is 14.6. The normalized spacial score (nSPS) is 60.8. The van der Waals surface area contributed by atoms with Gasteiger partial charge in [0.15, 0.2) is 5.79 Å². The van der Waals surface area contributed by atoms with Crippen LogP contribution in [0.25, 0.3) is 0 Å². The van der Waals surface area contributed by atoms with Crippen LogP contribution in [0.3, 0.4) is 0 Å². The van der Waals surface area contributed by atoms with Gasteiger partial charge >= 0.3 is 0 Å². The molecule has 0 aromatic rings. The molecule has 0 amide bonds. The molecule has 6 fully saturated rings. The summed E-state index contributed by atoms with van der Waals surface area (Å²) < 4.78 is 6.10. The van der Waals surface area contributed by atoms with E-state index in [4.69, 9.17) is 4.74 Å². The second kappa shape index (κ2) is 7.76. The van der Waals surface area contributed by atoms with Crippen molar-refractivity contribution in [2.75, 3.05) is 0 Å². The molecule has 5 N–H and O–H groups in total. The van der Waals surface area contributed by atoms with Crippen molar-refractivity contribution < 1.29 is 35.1 Å². The predicted octanol–water partition coefficient (Wildman–Crippen LogP) is 2.26. The quantitative estimate of drug-likeness (QED) is 0.371. The minimum atomic E-state index is -1.18. The highest BCUT2D eigenvalue weighted by molar-refractivity contribution is 5.85. The number of carbonyl (C=O) groups excluding carboxylic acids is 1. The molecule has 6 aliphatic rings. The third-order valence-corrected chi connectivity index (χ3v) is 13.0. The minimum Gasteiger partial charge on any atom is -0.390 e. The summed E-state index contributed by atoms with van der Waals surface area (Å²) in [6, 6.07) is 0. The van der Waals surface area contributed by atoms with Gasteiger partial charge in [-0.3, -0.25) is 4.79 Å². The number of aliphatic hydroxyl groups excluding tert-OH is 4. The van der Waals surface area contributed by atoms with Gasteiger partial charge in [-0.25, -0.2) is 0 Å². The van der Waals surface area contributed by atoms with Gasteiger partial charge in [0.25, 0.3) is 0 Å². The fraction of sp³-hybridized carbons (Fsp3) is 0.966. The fourth-order valence-corrected chi connectivity index (χ4v) is 10.8. The first kappa shape index (κ1) is 25.7. The lowest BCUT2D eigenvalue weighted by molar-refractivity contribution is -0.249. The molecule has 6 rings (SSSR count). The topological polar surface area (TPSA) is 131 Å². The number of epoxide rings is 1. The largest absolute Gasteiger partial charge is 0.390 e. The number of rotatable bonds is 3. The molecular weight excluding hydrogens is 460 g/mol. The summed E-state index contributed by atoms with van der Waals surface area (Å²) in [7, 11) is 0. The highest BCUT2D eigenvalue weighted by Gasteiger charge is 2.79. The standard InChI is InChI=1S/C29H46O7/c1-13(2)15-11-28(29(35,12-15)36-28)14(3)17-10-19(31)21-20-16(6-8-27(17,21)5)26(4)9-7-18(30)23(32)22(26)25(34)24(20)33/h13-18,20-25,30,32-35H,6-12H2,1-5H3/t14-,15+,16?,17+,18+,20?,21+,22+,23-,24?,25+,26+,27+,28?,29?/m0/s1. The monoisotopic (exact) mass is 506 g/mol. The summed E-state index contributed by atoms with van der Waals surface area (Å²) in [5, 5.41) is 55.2. The van der Waals surface area contributed by atoms with E-state index in [2.05, 4.69) is 34.6 Å². The summed E-state index contributed by atoms with van der Waals surface area (Å²) in [5.41, 5.74) is -1.37. The Kier molecular flexibility index (Phi) is 5.54. The Morgan fingerprint density at radius 2 is 1.58 bits per heavy atom. The van der Waals surface area contributed by atoms with E-state index in [1.54, 1.807) is 0 Å². The van der Waals surface area contributed by atoms with Gasteiger partial charge in [-0.05, 0) is 72.5 Å². The van der Waals surface area contributed by atoms with Crippen LogP contribution in [-0.2, 0) is 9.53 Å². The van der Waals surface area contributed by atoms with Crippen molar-refractivity contribution in [2.24, 2.45) is 58.2 Å². The lowest BCUT2D eigenvalue weighted by Gasteiger charge is -2.64. The summed E-state index contributed by atoms with van der Waals surface area (Å²) >= 11 is 0. The molecular formula is C29H46O7. The molecule has 0 radical (unpaired) electrons. The molecule has 5 unspecified atom stereocenters. The first-order valence-electron chi connectivity index (χ1n) is 14.4. The Morgan fingerprint density at radius 1 is 0.917 bits per heavy atom.